The molecule has 1 aromatic rings. The van der Waals surface area contributed by atoms with Gasteiger partial charge in [-0.05, 0) is 31.4 Å². The van der Waals surface area contributed by atoms with Gasteiger partial charge < -0.3 is 19.5 Å². The Labute approximate surface area is 408 Å². The second-order valence-electron chi connectivity index (χ2n) is 20.5. The van der Waals surface area contributed by atoms with Crippen molar-refractivity contribution < 1.29 is 14.2 Å². The van der Waals surface area contributed by atoms with E-state index in [1.807, 2.05) is 7.05 Å². The number of hydrogen-bond acceptors (Lipinski definition) is 4. The number of hydrogen-bond donors (Lipinski definition) is 1. The molecule has 0 unspecified atom stereocenters. The molecule has 0 aromatic heterocycles. The zero-order valence-corrected chi connectivity index (χ0v) is 44.9. The van der Waals surface area contributed by atoms with Gasteiger partial charge in [-0.15, -0.1) is 0 Å². The third kappa shape index (κ3) is 41.1. The molecule has 0 fully saturated rings. The number of benzene rings is 1. The van der Waals surface area contributed by atoms with E-state index < -0.39 is 0 Å². The molecule has 65 heavy (non-hydrogen) atoms. The molecule has 1 aromatic carbocycles. The van der Waals surface area contributed by atoms with Crippen molar-refractivity contribution in [2.24, 2.45) is 0 Å². The highest BCUT2D eigenvalue weighted by molar-refractivity contribution is 5.68. The Morgan fingerprint density at radius 3 is 0.723 bits per heavy atom. The van der Waals surface area contributed by atoms with E-state index in [2.05, 4.69) is 38.2 Å². The maximum atomic E-state index is 6.61. The second kappa shape index (κ2) is 51.8. The topological polar surface area (TPSA) is 39.7 Å². The fraction of sp³-hybridized carbons (Fsp3) is 0.902. The van der Waals surface area contributed by atoms with Gasteiger partial charge in [0.15, 0.2) is 11.5 Å². The summed E-state index contributed by atoms with van der Waals surface area (Å²) in [7, 11) is 1.99. The average molecular weight is 913 g/mol. The molecule has 384 valence electrons. The lowest BCUT2D eigenvalue weighted by Gasteiger charge is -2.20. The van der Waals surface area contributed by atoms with Crippen molar-refractivity contribution in [3.8, 4) is 17.2 Å². The summed E-state index contributed by atoms with van der Waals surface area (Å²) in [5, 5.41) is 3.39. The predicted octanol–water partition coefficient (Wildman–Crippen LogP) is 21.6. The maximum Gasteiger partial charge on any atom is 0.205 e. The molecule has 4 nitrogen and oxygen atoms in total. The van der Waals surface area contributed by atoms with E-state index in [-0.39, 0.29) is 0 Å². The molecule has 0 radical (unpaired) electrons. The molecular weight excluding hydrogens is 795 g/mol. The summed E-state index contributed by atoms with van der Waals surface area (Å²) in [5.74, 6) is 2.50. The number of unbranched alkanes of at least 4 members (excludes halogenated alkanes) is 45. The van der Waals surface area contributed by atoms with Gasteiger partial charge in [0.25, 0.3) is 0 Å². The number of nitrogens with one attached hydrogen (secondary N) is 1. The van der Waals surface area contributed by atoms with Crippen LogP contribution in [0.5, 0.6) is 17.2 Å². The summed E-state index contributed by atoms with van der Waals surface area (Å²) in [5.41, 5.74) is 0.998. The molecule has 0 amide bonds. The highest BCUT2D eigenvalue weighted by atomic mass is 16.5. The molecule has 0 saturated heterocycles. The first-order valence-electron chi connectivity index (χ1n) is 30.0. The van der Waals surface area contributed by atoms with Gasteiger partial charge in [-0.3, -0.25) is 0 Å². The number of ether oxygens (including phenoxy) is 3. The lowest BCUT2D eigenvalue weighted by molar-refractivity contribution is 0.235. The summed E-state index contributed by atoms with van der Waals surface area (Å²) in [6.45, 7) is 9.11. The summed E-state index contributed by atoms with van der Waals surface area (Å²) in [4.78, 5) is 0. The van der Waals surface area contributed by atoms with Crippen LogP contribution in [-0.4, -0.2) is 26.9 Å². The third-order valence-corrected chi connectivity index (χ3v) is 14.1. The third-order valence-electron chi connectivity index (χ3n) is 14.1. The smallest absolute Gasteiger partial charge is 0.205 e. The lowest BCUT2D eigenvalue weighted by Crippen LogP contribution is -2.08. The van der Waals surface area contributed by atoms with Crippen LogP contribution < -0.4 is 19.5 Å². The molecule has 0 heterocycles. The van der Waals surface area contributed by atoms with Crippen LogP contribution >= 0.6 is 0 Å². The van der Waals surface area contributed by atoms with E-state index in [0.29, 0.717) is 0 Å². The van der Waals surface area contributed by atoms with Crippen molar-refractivity contribution in [1.82, 2.24) is 0 Å². The van der Waals surface area contributed by atoms with Gasteiger partial charge in [-0.25, -0.2) is 0 Å². The Balaban J connectivity index is 2.41. The Kier molecular flexibility index (Phi) is 49.0. The Morgan fingerprint density at radius 2 is 0.477 bits per heavy atom. The van der Waals surface area contributed by atoms with Crippen LogP contribution in [0.2, 0.25) is 0 Å². The van der Waals surface area contributed by atoms with Crippen molar-refractivity contribution in [2.45, 2.75) is 329 Å². The van der Waals surface area contributed by atoms with E-state index >= 15 is 0 Å². The molecule has 0 aliphatic carbocycles. The lowest BCUT2D eigenvalue weighted by atomic mass is 10.0. The molecule has 1 rings (SSSR count). The van der Waals surface area contributed by atoms with Crippen molar-refractivity contribution in [1.29, 1.82) is 0 Å². The van der Waals surface area contributed by atoms with Crippen LogP contribution in [0.15, 0.2) is 12.1 Å². The monoisotopic (exact) mass is 912 g/mol. The van der Waals surface area contributed by atoms with Crippen LogP contribution in [-0.2, 0) is 0 Å². The predicted molar refractivity (Wildman–Crippen MR) is 291 cm³/mol. The first kappa shape index (κ1) is 61.4. The molecule has 0 saturated carbocycles. The maximum absolute atomic E-state index is 6.61. The van der Waals surface area contributed by atoms with Gasteiger partial charge in [-0.2, -0.15) is 0 Å². The highest BCUT2D eigenvalue weighted by Gasteiger charge is 2.18. The van der Waals surface area contributed by atoms with E-state index in [4.69, 9.17) is 14.2 Å². The van der Waals surface area contributed by atoms with Crippen molar-refractivity contribution in [3.63, 3.8) is 0 Å². The first-order valence-corrected chi connectivity index (χ1v) is 30.0. The van der Waals surface area contributed by atoms with E-state index in [0.717, 1.165) is 62.0 Å². The molecule has 0 bridgehead atoms. The number of anilines is 1. The zero-order chi connectivity index (χ0) is 46.6. The minimum atomic E-state index is 0.719. The Bertz CT molecular complexity index is 1060. The van der Waals surface area contributed by atoms with Gasteiger partial charge in [0.1, 0.15) is 0 Å². The standard InChI is InChI=1S/C61H117NO3/c1-5-8-11-14-17-20-23-26-29-32-35-38-41-44-47-50-55-63-59-54-53-58(62-4)60(64-56-51-48-45-42-39-36-33-30-27-24-21-18-15-12-9-6-2)61(59)65-57-52-49-46-43-40-37-34-31-28-25-22-19-16-13-10-7-3/h53-54,62H,5-52,55-57H2,1-4H3. The Morgan fingerprint density at radius 1 is 0.262 bits per heavy atom. The van der Waals surface area contributed by atoms with Crippen LogP contribution in [0.3, 0.4) is 0 Å². The molecule has 0 aliphatic heterocycles. The SMILES string of the molecule is CCCCCCCCCCCCCCCCCCOc1ccc(NC)c(OCCCCCCCCCCCCCCCCCC)c1OCCCCCCCCCCCCCCCCCC. The van der Waals surface area contributed by atoms with Gasteiger partial charge in [0, 0.05) is 7.05 Å². The molecular formula is C61H117NO3. The van der Waals surface area contributed by atoms with Crippen molar-refractivity contribution in [3.05, 3.63) is 12.1 Å². The van der Waals surface area contributed by atoms with Gasteiger partial charge in [0.05, 0.1) is 25.5 Å². The largest absolute Gasteiger partial charge is 0.490 e. The molecule has 0 spiro atoms. The summed E-state index contributed by atoms with van der Waals surface area (Å²) in [6.07, 6.45) is 66.3. The van der Waals surface area contributed by atoms with Crippen LogP contribution in [0.1, 0.15) is 329 Å². The second-order valence-corrected chi connectivity index (χ2v) is 20.5. The van der Waals surface area contributed by atoms with Crippen LogP contribution in [0.4, 0.5) is 5.69 Å². The minimum absolute atomic E-state index is 0.719. The van der Waals surface area contributed by atoms with Gasteiger partial charge in [0.2, 0.25) is 5.75 Å². The quantitative estimate of drug-likeness (QED) is 0.0661. The van der Waals surface area contributed by atoms with Crippen LogP contribution in [0.25, 0.3) is 0 Å². The average Bonchev–Trinajstić information content (AvgIpc) is 3.32. The normalized spacial score (nSPS) is 11.4. The van der Waals surface area contributed by atoms with E-state index in [1.165, 1.54) is 289 Å². The van der Waals surface area contributed by atoms with E-state index in [1.54, 1.807) is 0 Å². The van der Waals surface area contributed by atoms with Crippen LogP contribution in [0, 0.1) is 0 Å². The minimum Gasteiger partial charge on any atom is -0.490 e. The van der Waals surface area contributed by atoms with Gasteiger partial charge >= 0.3 is 0 Å². The van der Waals surface area contributed by atoms with Crippen molar-refractivity contribution >= 4 is 5.69 Å². The fourth-order valence-corrected chi connectivity index (χ4v) is 9.62. The molecule has 1 N–H and O–H groups in total. The van der Waals surface area contributed by atoms with Gasteiger partial charge in [-0.1, -0.05) is 310 Å². The number of rotatable bonds is 55. The van der Waals surface area contributed by atoms with Crippen molar-refractivity contribution in [2.75, 3.05) is 32.2 Å². The molecule has 0 aliphatic rings. The molecule has 0 atom stereocenters. The van der Waals surface area contributed by atoms with E-state index in [9.17, 15) is 0 Å². The zero-order valence-electron chi connectivity index (χ0n) is 44.9. The highest BCUT2D eigenvalue weighted by Crippen LogP contribution is 2.43. The summed E-state index contributed by atoms with van der Waals surface area (Å²) >= 11 is 0. The fourth-order valence-electron chi connectivity index (χ4n) is 9.62. The summed E-state index contributed by atoms with van der Waals surface area (Å²) in [6, 6.07) is 4.22. The summed E-state index contributed by atoms with van der Waals surface area (Å²) < 4.78 is 19.7. The Hall–Kier alpha value is -1.58. The molecule has 4 heteroatoms. The first-order chi connectivity index (χ1) is 32.3.